The number of nitrogens with zero attached hydrogens (tertiary/aromatic N) is 1. The molecule has 0 heterocycles. The van der Waals surface area contributed by atoms with E-state index in [9.17, 15) is 0 Å². The average molecular weight is 260 g/mol. The summed E-state index contributed by atoms with van der Waals surface area (Å²) >= 11 is 0. The van der Waals surface area contributed by atoms with Crippen LogP contribution in [0.3, 0.4) is 0 Å². The summed E-state index contributed by atoms with van der Waals surface area (Å²) in [4.78, 5) is 2.29. The van der Waals surface area contributed by atoms with Crippen molar-refractivity contribution in [3.63, 3.8) is 0 Å². The lowest BCUT2D eigenvalue weighted by molar-refractivity contribution is 0.168. The van der Waals surface area contributed by atoms with Crippen molar-refractivity contribution in [1.29, 1.82) is 0 Å². The summed E-state index contributed by atoms with van der Waals surface area (Å²) in [5.41, 5.74) is 3.13. The van der Waals surface area contributed by atoms with Gasteiger partial charge < -0.3 is 10.2 Å². The topological polar surface area (TPSA) is 15.3 Å². The third-order valence-electron chi connectivity index (χ3n) is 4.69. The van der Waals surface area contributed by atoms with Crippen LogP contribution in [0.1, 0.15) is 43.7 Å². The SMILES string of the molecule is Cc1cccc(C2CC(NCC(C)(C)N(C)C)C2)c1. The third kappa shape index (κ3) is 3.58. The minimum absolute atomic E-state index is 0.231. The number of aryl methyl sites for hydroxylation is 1. The molecule has 0 saturated heterocycles. The molecule has 0 amide bonds. The smallest absolute Gasteiger partial charge is 0.0271 e. The molecule has 1 aliphatic carbocycles. The quantitative estimate of drug-likeness (QED) is 0.875. The van der Waals surface area contributed by atoms with E-state index < -0.39 is 0 Å². The van der Waals surface area contributed by atoms with Crippen LogP contribution >= 0.6 is 0 Å². The molecule has 0 unspecified atom stereocenters. The maximum atomic E-state index is 3.71. The molecule has 1 fully saturated rings. The van der Waals surface area contributed by atoms with Crippen LogP contribution < -0.4 is 5.32 Å². The van der Waals surface area contributed by atoms with Crippen molar-refractivity contribution < 1.29 is 0 Å². The Labute approximate surface area is 118 Å². The van der Waals surface area contributed by atoms with E-state index in [1.54, 1.807) is 0 Å². The Morgan fingerprint density at radius 2 is 1.95 bits per heavy atom. The van der Waals surface area contributed by atoms with Gasteiger partial charge >= 0.3 is 0 Å². The van der Waals surface area contributed by atoms with Crippen LogP contribution in [0.4, 0.5) is 0 Å². The number of rotatable bonds is 5. The standard InChI is InChI=1S/C17H28N2/c1-13-7-6-8-14(9-13)15-10-16(11-15)18-12-17(2,3)19(4)5/h6-9,15-16,18H,10-12H2,1-5H3. The van der Waals surface area contributed by atoms with Crippen molar-refractivity contribution in [2.45, 2.75) is 51.1 Å². The maximum Gasteiger partial charge on any atom is 0.0271 e. The van der Waals surface area contributed by atoms with Gasteiger partial charge in [0.25, 0.3) is 0 Å². The summed E-state index contributed by atoms with van der Waals surface area (Å²) in [6.07, 6.45) is 2.57. The first-order valence-corrected chi connectivity index (χ1v) is 7.36. The second kappa shape index (κ2) is 5.64. The molecule has 0 radical (unpaired) electrons. The monoisotopic (exact) mass is 260 g/mol. The minimum atomic E-state index is 0.231. The molecule has 0 atom stereocenters. The zero-order chi connectivity index (χ0) is 14.0. The van der Waals surface area contributed by atoms with Crippen LogP contribution in [0.5, 0.6) is 0 Å². The van der Waals surface area contributed by atoms with Gasteiger partial charge in [-0.3, -0.25) is 0 Å². The van der Waals surface area contributed by atoms with Gasteiger partial charge in [-0.2, -0.15) is 0 Å². The molecule has 2 nitrogen and oxygen atoms in total. The first-order valence-electron chi connectivity index (χ1n) is 7.36. The molecule has 0 spiro atoms. The van der Waals surface area contributed by atoms with Gasteiger partial charge in [0.05, 0.1) is 0 Å². The molecule has 2 heteroatoms. The third-order valence-corrected chi connectivity index (χ3v) is 4.69. The van der Waals surface area contributed by atoms with Crippen LogP contribution in [0.2, 0.25) is 0 Å². The molecule has 0 aliphatic heterocycles. The highest BCUT2D eigenvalue weighted by atomic mass is 15.2. The van der Waals surface area contributed by atoms with E-state index in [0.29, 0.717) is 6.04 Å². The Morgan fingerprint density at radius 1 is 1.26 bits per heavy atom. The predicted octanol–water partition coefficient (Wildman–Crippen LogP) is 3.17. The van der Waals surface area contributed by atoms with E-state index in [1.165, 1.54) is 24.0 Å². The lowest BCUT2D eigenvalue weighted by atomic mass is 9.75. The number of hydrogen-bond donors (Lipinski definition) is 1. The lowest BCUT2D eigenvalue weighted by Gasteiger charge is -2.40. The summed E-state index contributed by atoms with van der Waals surface area (Å²) in [7, 11) is 4.30. The number of hydrogen-bond acceptors (Lipinski definition) is 2. The highest BCUT2D eigenvalue weighted by molar-refractivity contribution is 5.27. The minimum Gasteiger partial charge on any atom is -0.312 e. The normalized spacial score (nSPS) is 23.5. The predicted molar refractivity (Wildman–Crippen MR) is 82.7 cm³/mol. The summed E-state index contributed by atoms with van der Waals surface area (Å²) in [5, 5.41) is 3.71. The summed E-state index contributed by atoms with van der Waals surface area (Å²) in [6.45, 7) is 7.82. The number of likely N-dealkylation sites (N-methyl/N-ethyl adjacent to an activating group) is 1. The highest BCUT2D eigenvalue weighted by Gasteiger charge is 2.31. The van der Waals surface area contributed by atoms with Gasteiger partial charge in [-0.05, 0) is 59.2 Å². The highest BCUT2D eigenvalue weighted by Crippen LogP contribution is 2.37. The van der Waals surface area contributed by atoms with E-state index >= 15 is 0 Å². The Bertz CT molecular complexity index is 417. The van der Waals surface area contributed by atoms with Crippen molar-refractivity contribution in [3.05, 3.63) is 35.4 Å². The Morgan fingerprint density at radius 3 is 2.53 bits per heavy atom. The van der Waals surface area contributed by atoms with Gasteiger partial charge in [0.1, 0.15) is 0 Å². The second-order valence-corrected chi connectivity index (χ2v) is 6.87. The van der Waals surface area contributed by atoms with Crippen molar-refractivity contribution in [2.75, 3.05) is 20.6 Å². The Hall–Kier alpha value is -0.860. The molecular formula is C17H28N2. The van der Waals surface area contributed by atoms with Crippen LogP contribution in [0, 0.1) is 6.92 Å². The molecule has 2 rings (SSSR count). The summed E-state index contributed by atoms with van der Waals surface area (Å²) in [6, 6.07) is 9.67. The fraction of sp³-hybridized carbons (Fsp3) is 0.647. The van der Waals surface area contributed by atoms with Gasteiger partial charge in [0, 0.05) is 18.1 Å². The zero-order valence-corrected chi connectivity index (χ0v) is 13.0. The fourth-order valence-corrected chi connectivity index (χ4v) is 2.53. The lowest BCUT2D eigenvalue weighted by Crippen LogP contribution is -2.51. The van der Waals surface area contributed by atoms with Gasteiger partial charge in [-0.1, -0.05) is 29.8 Å². The van der Waals surface area contributed by atoms with Crippen LogP contribution in [-0.4, -0.2) is 37.1 Å². The van der Waals surface area contributed by atoms with Crippen molar-refractivity contribution in [3.8, 4) is 0 Å². The molecule has 0 bridgehead atoms. The average Bonchev–Trinajstić information content (AvgIpc) is 2.26. The van der Waals surface area contributed by atoms with E-state index in [2.05, 4.69) is 69.3 Å². The first-order chi connectivity index (χ1) is 8.88. The van der Waals surface area contributed by atoms with Crippen molar-refractivity contribution >= 4 is 0 Å². The van der Waals surface area contributed by atoms with Gasteiger partial charge in [0.2, 0.25) is 0 Å². The van der Waals surface area contributed by atoms with Crippen molar-refractivity contribution in [2.24, 2.45) is 0 Å². The Kier molecular flexibility index (Phi) is 4.32. The summed E-state index contributed by atoms with van der Waals surface area (Å²) < 4.78 is 0. The van der Waals surface area contributed by atoms with E-state index in [0.717, 1.165) is 12.5 Å². The van der Waals surface area contributed by atoms with Crippen LogP contribution in [0.15, 0.2) is 24.3 Å². The molecule has 1 aromatic rings. The number of nitrogens with one attached hydrogen (secondary N) is 1. The van der Waals surface area contributed by atoms with Gasteiger partial charge in [0.15, 0.2) is 0 Å². The van der Waals surface area contributed by atoms with Gasteiger partial charge in [-0.15, -0.1) is 0 Å². The first kappa shape index (κ1) is 14.5. The van der Waals surface area contributed by atoms with Crippen molar-refractivity contribution in [1.82, 2.24) is 10.2 Å². The Balaban J connectivity index is 1.78. The fourth-order valence-electron chi connectivity index (χ4n) is 2.53. The van der Waals surface area contributed by atoms with Crippen LogP contribution in [-0.2, 0) is 0 Å². The van der Waals surface area contributed by atoms with E-state index in [-0.39, 0.29) is 5.54 Å². The maximum absolute atomic E-state index is 3.71. The molecule has 1 aliphatic rings. The second-order valence-electron chi connectivity index (χ2n) is 6.87. The van der Waals surface area contributed by atoms with Crippen LogP contribution in [0.25, 0.3) is 0 Å². The zero-order valence-electron chi connectivity index (χ0n) is 13.0. The van der Waals surface area contributed by atoms with E-state index in [1.807, 2.05) is 0 Å². The van der Waals surface area contributed by atoms with E-state index in [4.69, 9.17) is 0 Å². The molecule has 1 aromatic carbocycles. The summed E-state index contributed by atoms with van der Waals surface area (Å²) in [5.74, 6) is 0.764. The van der Waals surface area contributed by atoms with Gasteiger partial charge in [-0.25, -0.2) is 0 Å². The molecule has 0 aromatic heterocycles. The molecule has 1 N–H and O–H groups in total. The molecule has 1 saturated carbocycles. The number of benzene rings is 1. The molecule has 19 heavy (non-hydrogen) atoms. The molecule has 106 valence electrons. The largest absolute Gasteiger partial charge is 0.312 e. The molecular weight excluding hydrogens is 232 g/mol.